The summed E-state index contributed by atoms with van der Waals surface area (Å²) in [6, 6.07) is 14.5. The summed E-state index contributed by atoms with van der Waals surface area (Å²) >= 11 is 7.13. The molecule has 0 aromatic heterocycles. The van der Waals surface area contributed by atoms with E-state index in [1.807, 2.05) is 43.3 Å². The van der Waals surface area contributed by atoms with Crippen LogP contribution in [0.4, 0.5) is 4.79 Å². The summed E-state index contributed by atoms with van der Waals surface area (Å²) in [4.78, 5) is 11.3. The third-order valence-electron chi connectivity index (χ3n) is 2.76. The third-order valence-corrected chi connectivity index (χ3v) is 3.77. The van der Waals surface area contributed by atoms with Crippen LogP contribution < -0.4 is 14.8 Å². The van der Waals surface area contributed by atoms with Crippen LogP contribution in [0.5, 0.6) is 17.2 Å². The van der Waals surface area contributed by atoms with Gasteiger partial charge in [-0.2, -0.15) is 0 Å². The number of hydrogen-bond donors (Lipinski definition) is 1. The Kier molecular flexibility index (Phi) is 7.10. The molecule has 6 heteroatoms. The Hall–Kier alpha value is -1.85. The minimum Gasteiger partial charge on any atom is -0.493 e. The molecule has 122 valence electrons. The summed E-state index contributed by atoms with van der Waals surface area (Å²) in [6.45, 7) is 3.00. The van der Waals surface area contributed by atoms with Crippen molar-refractivity contribution in [3.05, 3.63) is 53.6 Å². The molecule has 0 saturated carbocycles. The van der Waals surface area contributed by atoms with Crippen molar-refractivity contribution < 1.29 is 14.3 Å². The zero-order chi connectivity index (χ0) is 16.5. The predicted molar refractivity (Wildman–Crippen MR) is 95.0 cm³/mol. The monoisotopic (exact) mass is 351 g/mol. The van der Waals surface area contributed by atoms with Crippen LogP contribution >= 0.6 is 23.4 Å². The molecule has 4 nitrogen and oxygen atoms in total. The lowest BCUT2D eigenvalue weighted by atomic mass is 10.3. The Labute approximate surface area is 145 Å². The van der Waals surface area contributed by atoms with Gasteiger partial charge in [0.15, 0.2) is 0 Å². The van der Waals surface area contributed by atoms with Gasteiger partial charge in [0.1, 0.15) is 17.2 Å². The fourth-order valence-electron chi connectivity index (χ4n) is 1.76. The molecular weight excluding hydrogens is 334 g/mol. The lowest BCUT2D eigenvalue weighted by molar-refractivity contribution is 0.261. The van der Waals surface area contributed by atoms with Gasteiger partial charge < -0.3 is 14.8 Å². The van der Waals surface area contributed by atoms with Gasteiger partial charge in [-0.1, -0.05) is 29.4 Å². The highest BCUT2D eigenvalue weighted by Gasteiger charge is 2.02. The zero-order valence-electron chi connectivity index (χ0n) is 12.8. The van der Waals surface area contributed by atoms with E-state index in [0.29, 0.717) is 35.4 Å². The van der Waals surface area contributed by atoms with Gasteiger partial charge >= 0.3 is 0 Å². The first-order valence-electron chi connectivity index (χ1n) is 7.24. The van der Waals surface area contributed by atoms with E-state index in [2.05, 4.69) is 5.32 Å². The zero-order valence-corrected chi connectivity index (χ0v) is 14.3. The molecule has 0 aliphatic rings. The second-order valence-electron chi connectivity index (χ2n) is 4.55. The Morgan fingerprint density at radius 2 is 1.87 bits per heavy atom. The summed E-state index contributed by atoms with van der Waals surface area (Å²) < 4.78 is 11.3. The molecule has 0 spiro atoms. The molecule has 1 amide bonds. The second-order valence-corrected chi connectivity index (χ2v) is 6.05. The number of benzene rings is 2. The Morgan fingerprint density at radius 1 is 1.13 bits per heavy atom. The molecule has 0 saturated heterocycles. The summed E-state index contributed by atoms with van der Waals surface area (Å²) in [6.07, 6.45) is 0. The lowest BCUT2D eigenvalue weighted by Gasteiger charge is -2.08. The number of ether oxygens (including phenoxy) is 2. The first-order valence-corrected chi connectivity index (χ1v) is 8.60. The Morgan fingerprint density at radius 3 is 2.57 bits per heavy atom. The average molecular weight is 352 g/mol. The molecule has 0 atom stereocenters. The van der Waals surface area contributed by atoms with E-state index in [4.69, 9.17) is 21.1 Å². The minimum absolute atomic E-state index is 0.0265. The van der Waals surface area contributed by atoms with Crippen LogP contribution in [0.3, 0.4) is 0 Å². The lowest BCUT2D eigenvalue weighted by Crippen LogP contribution is -2.18. The van der Waals surface area contributed by atoms with E-state index < -0.39 is 0 Å². The number of carbonyl (C=O) groups is 1. The molecule has 23 heavy (non-hydrogen) atoms. The number of hydrogen-bond acceptors (Lipinski definition) is 4. The SMILES string of the molecule is CCNC(=O)SCCOc1ccc(Oc2cccc(Cl)c2)cc1. The van der Waals surface area contributed by atoms with Crippen molar-refractivity contribution in [1.29, 1.82) is 0 Å². The summed E-state index contributed by atoms with van der Waals surface area (Å²) in [5.41, 5.74) is 0. The van der Waals surface area contributed by atoms with E-state index in [9.17, 15) is 4.79 Å². The van der Waals surface area contributed by atoms with Crippen LogP contribution in [0.15, 0.2) is 48.5 Å². The van der Waals surface area contributed by atoms with Crippen molar-refractivity contribution in [2.75, 3.05) is 18.9 Å². The third kappa shape index (κ3) is 6.42. The average Bonchev–Trinajstić information content (AvgIpc) is 2.53. The first kappa shape index (κ1) is 17.5. The van der Waals surface area contributed by atoms with E-state index in [0.717, 1.165) is 5.75 Å². The van der Waals surface area contributed by atoms with Crippen molar-refractivity contribution >= 4 is 28.6 Å². The fraction of sp³-hybridized carbons (Fsp3) is 0.235. The molecule has 1 N–H and O–H groups in total. The largest absolute Gasteiger partial charge is 0.493 e. The number of amides is 1. The number of halogens is 1. The van der Waals surface area contributed by atoms with E-state index >= 15 is 0 Å². The molecule has 0 unspecified atom stereocenters. The topological polar surface area (TPSA) is 47.6 Å². The second kappa shape index (κ2) is 9.33. The van der Waals surface area contributed by atoms with Gasteiger partial charge in [0.2, 0.25) is 0 Å². The van der Waals surface area contributed by atoms with Gasteiger partial charge in [-0.05, 0) is 49.4 Å². The van der Waals surface area contributed by atoms with Gasteiger partial charge in [0, 0.05) is 17.3 Å². The molecule has 2 aromatic rings. The number of rotatable bonds is 7. The van der Waals surface area contributed by atoms with Gasteiger partial charge in [-0.3, -0.25) is 4.79 Å². The molecule has 0 fully saturated rings. The molecular formula is C17H18ClNO3S. The predicted octanol–water partition coefficient (Wildman–Crippen LogP) is 4.97. The van der Waals surface area contributed by atoms with Gasteiger partial charge in [0.25, 0.3) is 5.24 Å². The molecule has 0 bridgehead atoms. The Balaban J connectivity index is 1.77. The van der Waals surface area contributed by atoms with Crippen LogP contribution in [0.2, 0.25) is 5.02 Å². The smallest absolute Gasteiger partial charge is 0.279 e. The molecule has 0 heterocycles. The van der Waals surface area contributed by atoms with Gasteiger partial charge in [-0.15, -0.1) is 0 Å². The maximum absolute atomic E-state index is 11.3. The van der Waals surface area contributed by atoms with Crippen molar-refractivity contribution in [3.8, 4) is 17.2 Å². The van der Waals surface area contributed by atoms with Gasteiger partial charge in [-0.25, -0.2) is 0 Å². The van der Waals surface area contributed by atoms with E-state index in [1.165, 1.54) is 11.8 Å². The highest BCUT2D eigenvalue weighted by atomic mass is 35.5. The van der Waals surface area contributed by atoms with Crippen LogP contribution in [0.25, 0.3) is 0 Å². The molecule has 2 rings (SSSR count). The van der Waals surface area contributed by atoms with E-state index in [-0.39, 0.29) is 5.24 Å². The maximum Gasteiger partial charge on any atom is 0.279 e. The standard InChI is InChI=1S/C17H18ClNO3S/c1-2-19-17(20)23-11-10-21-14-6-8-15(9-7-14)22-16-5-3-4-13(18)12-16/h3-9,12H,2,10-11H2,1H3,(H,19,20). The van der Waals surface area contributed by atoms with Crippen LogP contribution in [0, 0.1) is 0 Å². The highest BCUT2D eigenvalue weighted by molar-refractivity contribution is 8.13. The van der Waals surface area contributed by atoms with Crippen LogP contribution in [0.1, 0.15) is 6.92 Å². The van der Waals surface area contributed by atoms with Gasteiger partial charge in [0.05, 0.1) is 6.61 Å². The number of nitrogens with one attached hydrogen (secondary N) is 1. The van der Waals surface area contributed by atoms with Crippen molar-refractivity contribution in [3.63, 3.8) is 0 Å². The van der Waals surface area contributed by atoms with Crippen molar-refractivity contribution in [1.82, 2.24) is 5.32 Å². The molecule has 0 aliphatic carbocycles. The molecule has 0 radical (unpaired) electrons. The summed E-state index contributed by atoms with van der Waals surface area (Å²) in [5.74, 6) is 2.73. The number of thioether (sulfide) groups is 1. The minimum atomic E-state index is -0.0265. The first-order chi connectivity index (χ1) is 11.2. The quantitative estimate of drug-likeness (QED) is 0.715. The van der Waals surface area contributed by atoms with Crippen LogP contribution in [-0.2, 0) is 0 Å². The summed E-state index contributed by atoms with van der Waals surface area (Å²) in [7, 11) is 0. The van der Waals surface area contributed by atoms with E-state index in [1.54, 1.807) is 12.1 Å². The fourth-order valence-corrected chi connectivity index (χ4v) is 2.54. The van der Waals surface area contributed by atoms with Crippen molar-refractivity contribution in [2.45, 2.75) is 6.92 Å². The van der Waals surface area contributed by atoms with Crippen molar-refractivity contribution in [2.24, 2.45) is 0 Å². The highest BCUT2D eigenvalue weighted by Crippen LogP contribution is 2.25. The molecule has 0 aliphatic heterocycles. The Bertz CT molecular complexity index is 634. The normalized spacial score (nSPS) is 10.2. The number of carbonyl (C=O) groups excluding carboxylic acids is 1. The maximum atomic E-state index is 11.3. The van der Waals surface area contributed by atoms with Crippen LogP contribution in [-0.4, -0.2) is 24.1 Å². The summed E-state index contributed by atoms with van der Waals surface area (Å²) in [5, 5.41) is 3.33. The molecule has 2 aromatic carbocycles.